The van der Waals surface area contributed by atoms with Crippen molar-refractivity contribution in [3.05, 3.63) is 56.2 Å². The maximum Gasteiger partial charge on any atom is 0.160 e. The Hall–Kier alpha value is -0.970. The molecule has 0 amide bonds. The number of ether oxygens (including phenoxy) is 1. The van der Waals surface area contributed by atoms with Crippen LogP contribution in [0.15, 0.2) is 40.9 Å². The summed E-state index contributed by atoms with van der Waals surface area (Å²) in [4.78, 5) is 12.7. The molecule has 21 heavy (non-hydrogen) atoms. The lowest BCUT2D eigenvalue weighted by Gasteiger charge is -2.28. The summed E-state index contributed by atoms with van der Waals surface area (Å²) >= 11 is 4.84. The van der Waals surface area contributed by atoms with E-state index in [1.165, 1.54) is 11.3 Å². The van der Waals surface area contributed by atoms with Crippen LogP contribution in [-0.4, -0.2) is 12.9 Å². The number of allylic oxidation sites excluding steroid dienone is 2. The minimum absolute atomic E-state index is 0.152. The smallest absolute Gasteiger partial charge is 0.160 e. The van der Waals surface area contributed by atoms with Crippen molar-refractivity contribution in [3.8, 4) is 0 Å². The monoisotopic (exact) mass is 368 g/mol. The molecule has 1 aromatic rings. The molecule has 0 N–H and O–H groups in total. The molecular weight excluding hydrogens is 348 g/mol. The van der Waals surface area contributed by atoms with Crippen molar-refractivity contribution in [2.45, 2.75) is 33.3 Å². The van der Waals surface area contributed by atoms with E-state index in [1.54, 1.807) is 0 Å². The van der Waals surface area contributed by atoms with Crippen LogP contribution in [0.3, 0.4) is 0 Å². The quantitative estimate of drug-likeness (QED) is 0.635. The molecule has 1 aromatic heterocycles. The summed E-state index contributed by atoms with van der Waals surface area (Å²) in [6, 6.07) is 1.90. The van der Waals surface area contributed by atoms with Crippen molar-refractivity contribution in [1.29, 1.82) is 0 Å². The highest BCUT2D eigenvalue weighted by Crippen LogP contribution is 2.40. The zero-order valence-electron chi connectivity index (χ0n) is 12.7. The van der Waals surface area contributed by atoms with Gasteiger partial charge >= 0.3 is 0 Å². The molecule has 1 saturated heterocycles. The highest BCUT2D eigenvalue weighted by Gasteiger charge is 2.26. The molecule has 2 heterocycles. The van der Waals surface area contributed by atoms with Gasteiger partial charge in [-0.05, 0) is 42.2 Å². The van der Waals surface area contributed by atoms with Crippen LogP contribution in [0.2, 0.25) is 0 Å². The zero-order valence-corrected chi connectivity index (χ0v) is 15.1. The Balaban J connectivity index is 0.00000106. The van der Waals surface area contributed by atoms with Crippen molar-refractivity contribution in [2.24, 2.45) is 0 Å². The summed E-state index contributed by atoms with van der Waals surface area (Å²) in [7, 11) is 0. The van der Waals surface area contributed by atoms with E-state index in [4.69, 9.17) is 4.74 Å². The van der Waals surface area contributed by atoms with Crippen LogP contribution >= 0.6 is 27.3 Å². The number of aldehydes is 1. The first-order chi connectivity index (χ1) is 10.0. The largest absolute Gasteiger partial charge is 0.368 e. The van der Waals surface area contributed by atoms with Crippen LogP contribution in [0, 0.1) is 6.92 Å². The van der Waals surface area contributed by atoms with Crippen LogP contribution in [0.25, 0.3) is 0 Å². The maximum atomic E-state index is 10.9. The normalized spacial score (nSPS) is 19.9. The van der Waals surface area contributed by atoms with Gasteiger partial charge in [-0.25, -0.2) is 0 Å². The second-order valence-electron chi connectivity index (χ2n) is 4.43. The maximum absolute atomic E-state index is 10.9. The third-order valence-corrected chi connectivity index (χ3v) is 4.29. The summed E-state index contributed by atoms with van der Waals surface area (Å²) < 4.78 is 6.68. The molecule has 4 heteroatoms. The van der Waals surface area contributed by atoms with Crippen LogP contribution in [-0.2, 0) is 4.74 Å². The van der Waals surface area contributed by atoms with Gasteiger partial charge in [-0.1, -0.05) is 42.9 Å². The predicted octanol–water partition coefficient (Wildman–Crippen LogP) is 5.75. The van der Waals surface area contributed by atoms with Gasteiger partial charge in [0.15, 0.2) is 6.29 Å². The number of hydrogen-bond acceptors (Lipinski definition) is 3. The lowest BCUT2D eigenvalue weighted by Crippen LogP contribution is -2.17. The molecule has 1 atom stereocenters. The average Bonchev–Trinajstić information content (AvgIpc) is 2.84. The minimum Gasteiger partial charge on any atom is -0.368 e. The van der Waals surface area contributed by atoms with Gasteiger partial charge in [-0.2, -0.15) is 0 Å². The molecule has 1 aliphatic heterocycles. The van der Waals surface area contributed by atoms with Gasteiger partial charge in [-0.3, -0.25) is 4.79 Å². The molecule has 1 aliphatic rings. The Kier molecular flexibility index (Phi) is 7.29. The predicted molar refractivity (Wildman–Crippen MR) is 94.4 cm³/mol. The Morgan fingerprint density at radius 3 is 2.71 bits per heavy atom. The van der Waals surface area contributed by atoms with Crippen LogP contribution in [0.1, 0.15) is 46.5 Å². The average molecular weight is 369 g/mol. The Morgan fingerprint density at radius 2 is 2.19 bits per heavy atom. The number of aryl methyl sites for hydroxylation is 1. The molecule has 1 fully saturated rings. The van der Waals surface area contributed by atoms with Crippen molar-refractivity contribution < 1.29 is 9.53 Å². The molecule has 0 aliphatic carbocycles. The van der Waals surface area contributed by atoms with Crippen LogP contribution in [0.5, 0.6) is 0 Å². The van der Waals surface area contributed by atoms with Gasteiger partial charge in [0.2, 0.25) is 0 Å². The van der Waals surface area contributed by atoms with Gasteiger partial charge in [-0.15, -0.1) is 11.3 Å². The number of rotatable bonds is 3. The molecule has 2 rings (SSSR count). The van der Waals surface area contributed by atoms with Gasteiger partial charge < -0.3 is 4.74 Å². The van der Waals surface area contributed by atoms with E-state index in [-0.39, 0.29) is 6.10 Å². The summed E-state index contributed by atoms with van der Waals surface area (Å²) in [5, 5.41) is 0. The van der Waals surface area contributed by atoms with Gasteiger partial charge in [0, 0.05) is 9.36 Å². The van der Waals surface area contributed by atoms with Crippen molar-refractivity contribution >= 4 is 33.6 Å². The lowest BCUT2D eigenvalue weighted by atomic mass is 9.92. The molecular formula is C17H21BrO2S. The molecule has 0 radical (unpaired) electrons. The molecule has 2 nitrogen and oxygen atoms in total. The molecule has 0 bridgehead atoms. The second-order valence-corrected chi connectivity index (χ2v) is 6.74. The molecule has 0 saturated carbocycles. The minimum atomic E-state index is -0.152. The number of carbonyl (C=O) groups excluding carboxylic acids is 1. The fourth-order valence-electron chi connectivity index (χ4n) is 2.16. The third kappa shape index (κ3) is 4.50. The highest BCUT2D eigenvalue weighted by atomic mass is 79.9. The molecule has 114 valence electrons. The van der Waals surface area contributed by atoms with E-state index in [9.17, 15) is 4.79 Å². The molecule has 0 spiro atoms. The van der Waals surface area contributed by atoms with Gasteiger partial charge in [0.05, 0.1) is 11.5 Å². The van der Waals surface area contributed by atoms with E-state index in [0.717, 1.165) is 43.7 Å². The number of halogens is 1. The van der Waals surface area contributed by atoms with Crippen LogP contribution in [0.4, 0.5) is 0 Å². The first-order valence-electron chi connectivity index (χ1n) is 6.94. The topological polar surface area (TPSA) is 26.3 Å². The first-order valence-corrected chi connectivity index (χ1v) is 8.55. The van der Waals surface area contributed by atoms with Gasteiger partial charge in [0.25, 0.3) is 0 Å². The second kappa shape index (κ2) is 8.47. The number of thiophene rings is 1. The highest BCUT2D eigenvalue weighted by molar-refractivity contribution is 9.11. The Morgan fingerprint density at radius 1 is 1.52 bits per heavy atom. The third-order valence-electron chi connectivity index (χ3n) is 3.07. The van der Waals surface area contributed by atoms with Crippen molar-refractivity contribution in [1.82, 2.24) is 0 Å². The van der Waals surface area contributed by atoms with E-state index >= 15 is 0 Å². The lowest BCUT2D eigenvalue weighted by molar-refractivity contribution is 0.0668. The van der Waals surface area contributed by atoms with E-state index in [1.807, 2.05) is 32.9 Å². The Labute approximate surface area is 139 Å². The Bertz CT molecular complexity index is 569. The van der Waals surface area contributed by atoms with E-state index in [2.05, 4.69) is 29.1 Å². The standard InChI is InChI=1S/C15H15BrO2S.C2H6/c1-9-4-5-18-15(13(9)6-10(2)16)14-7-12(8-17)19-11(14)3;1-2/h6-8,15H,1-2,4-5H2,3H3;1-2H3/b13-6+;. The summed E-state index contributed by atoms with van der Waals surface area (Å²) in [6.45, 7) is 14.6. The zero-order chi connectivity index (χ0) is 16.0. The van der Waals surface area contributed by atoms with E-state index in [0.29, 0.717) is 6.61 Å². The van der Waals surface area contributed by atoms with E-state index < -0.39 is 0 Å². The number of hydrogen-bond donors (Lipinski definition) is 0. The van der Waals surface area contributed by atoms with Crippen LogP contribution < -0.4 is 0 Å². The fourth-order valence-corrected chi connectivity index (χ4v) is 3.28. The van der Waals surface area contributed by atoms with Gasteiger partial charge in [0.1, 0.15) is 6.10 Å². The first kappa shape index (κ1) is 18.1. The fraction of sp³-hybridized carbons (Fsp3) is 0.353. The summed E-state index contributed by atoms with van der Waals surface area (Å²) in [5.74, 6) is 0. The molecule has 1 unspecified atom stereocenters. The summed E-state index contributed by atoms with van der Waals surface area (Å²) in [5.41, 5.74) is 3.15. The summed E-state index contributed by atoms with van der Waals surface area (Å²) in [6.07, 6.45) is 3.50. The molecule has 0 aromatic carbocycles. The number of carbonyl (C=O) groups is 1. The van der Waals surface area contributed by atoms with Crippen molar-refractivity contribution in [2.75, 3.05) is 6.61 Å². The van der Waals surface area contributed by atoms with Crippen molar-refractivity contribution in [3.63, 3.8) is 0 Å². The SMILES string of the molecule is C=C(Br)/C=C1\C(=C)CCOC1c1cc(C=O)sc1C.CC.